The second-order valence-corrected chi connectivity index (χ2v) is 6.76. The standard InChI is InChI=1S/C18H20N4O3S/c1-12(2)22-17(15-5-4-10-25-15)20-21-18(22)26-11-16(23)19-13-6-8-14(24-3)9-7-13/h4-10,12H,11H2,1-3H3,(H,19,23). The zero-order chi connectivity index (χ0) is 18.5. The highest BCUT2D eigenvalue weighted by molar-refractivity contribution is 7.99. The number of aromatic nitrogens is 3. The maximum absolute atomic E-state index is 12.2. The molecule has 1 amide bonds. The van der Waals surface area contributed by atoms with E-state index in [9.17, 15) is 4.79 Å². The summed E-state index contributed by atoms with van der Waals surface area (Å²) in [5.41, 5.74) is 0.720. The smallest absolute Gasteiger partial charge is 0.234 e. The molecule has 0 atom stereocenters. The van der Waals surface area contributed by atoms with Crippen LogP contribution >= 0.6 is 11.8 Å². The van der Waals surface area contributed by atoms with E-state index < -0.39 is 0 Å². The molecule has 7 nitrogen and oxygen atoms in total. The molecule has 3 aromatic rings. The van der Waals surface area contributed by atoms with Gasteiger partial charge in [-0.3, -0.25) is 9.36 Å². The van der Waals surface area contributed by atoms with E-state index in [0.717, 1.165) is 11.4 Å². The molecule has 2 heterocycles. The zero-order valence-electron chi connectivity index (χ0n) is 14.8. The summed E-state index contributed by atoms with van der Waals surface area (Å²) in [6.45, 7) is 4.08. The van der Waals surface area contributed by atoms with Crippen molar-refractivity contribution in [3.63, 3.8) is 0 Å². The van der Waals surface area contributed by atoms with Gasteiger partial charge in [-0.05, 0) is 50.2 Å². The van der Waals surface area contributed by atoms with Gasteiger partial charge in [0.05, 0.1) is 19.1 Å². The summed E-state index contributed by atoms with van der Waals surface area (Å²) >= 11 is 1.34. The Labute approximate surface area is 155 Å². The first-order chi connectivity index (χ1) is 12.6. The minimum atomic E-state index is -0.113. The Morgan fingerprint density at radius 3 is 2.65 bits per heavy atom. The molecule has 0 radical (unpaired) electrons. The maximum Gasteiger partial charge on any atom is 0.234 e. The molecule has 1 N–H and O–H groups in total. The minimum absolute atomic E-state index is 0.113. The van der Waals surface area contributed by atoms with Crippen LogP contribution < -0.4 is 10.1 Å². The van der Waals surface area contributed by atoms with Gasteiger partial charge in [-0.25, -0.2) is 0 Å². The molecule has 0 saturated heterocycles. The summed E-state index contributed by atoms with van der Waals surface area (Å²) < 4.78 is 12.5. The van der Waals surface area contributed by atoms with Crippen molar-refractivity contribution in [2.75, 3.05) is 18.2 Å². The third kappa shape index (κ3) is 4.08. The Bertz CT molecular complexity index is 857. The van der Waals surface area contributed by atoms with E-state index in [0.29, 0.717) is 16.7 Å². The van der Waals surface area contributed by atoms with Crippen LogP contribution in [-0.2, 0) is 4.79 Å². The van der Waals surface area contributed by atoms with Crippen LogP contribution in [0, 0.1) is 0 Å². The van der Waals surface area contributed by atoms with Gasteiger partial charge < -0.3 is 14.5 Å². The fraction of sp³-hybridized carbons (Fsp3) is 0.278. The van der Waals surface area contributed by atoms with Crippen molar-refractivity contribution in [3.8, 4) is 17.3 Å². The molecule has 0 aliphatic heterocycles. The number of nitrogens with one attached hydrogen (secondary N) is 1. The second-order valence-electron chi connectivity index (χ2n) is 5.81. The highest BCUT2D eigenvalue weighted by Gasteiger charge is 2.19. The number of furan rings is 1. The van der Waals surface area contributed by atoms with E-state index in [4.69, 9.17) is 9.15 Å². The van der Waals surface area contributed by atoms with Crippen LogP contribution in [0.2, 0.25) is 0 Å². The number of benzene rings is 1. The Balaban J connectivity index is 1.66. The molecule has 2 aromatic heterocycles. The maximum atomic E-state index is 12.2. The van der Waals surface area contributed by atoms with Gasteiger partial charge in [0.25, 0.3) is 0 Å². The lowest BCUT2D eigenvalue weighted by atomic mass is 10.3. The van der Waals surface area contributed by atoms with Gasteiger partial charge in [0.15, 0.2) is 10.9 Å². The molecule has 0 aliphatic rings. The summed E-state index contributed by atoms with van der Waals surface area (Å²) in [6.07, 6.45) is 1.60. The number of ether oxygens (including phenoxy) is 1. The zero-order valence-corrected chi connectivity index (χ0v) is 15.6. The molecule has 3 rings (SSSR count). The van der Waals surface area contributed by atoms with Crippen LogP contribution in [0.25, 0.3) is 11.6 Å². The molecule has 0 fully saturated rings. The minimum Gasteiger partial charge on any atom is -0.497 e. The first kappa shape index (κ1) is 18.1. The first-order valence-corrected chi connectivity index (χ1v) is 9.12. The predicted octanol–water partition coefficient (Wildman–Crippen LogP) is 3.86. The highest BCUT2D eigenvalue weighted by atomic mass is 32.2. The van der Waals surface area contributed by atoms with Crippen LogP contribution in [0.5, 0.6) is 5.75 Å². The van der Waals surface area contributed by atoms with Gasteiger partial charge in [-0.2, -0.15) is 0 Å². The van der Waals surface area contributed by atoms with E-state index in [2.05, 4.69) is 15.5 Å². The number of hydrogen-bond donors (Lipinski definition) is 1. The summed E-state index contributed by atoms with van der Waals surface area (Å²) in [7, 11) is 1.60. The largest absolute Gasteiger partial charge is 0.497 e. The normalized spacial score (nSPS) is 10.9. The van der Waals surface area contributed by atoms with Gasteiger partial charge in [-0.1, -0.05) is 11.8 Å². The topological polar surface area (TPSA) is 82.2 Å². The van der Waals surface area contributed by atoms with Crippen LogP contribution in [0.1, 0.15) is 19.9 Å². The average Bonchev–Trinajstić information content (AvgIpc) is 3.29. The van der Waals surface area contributed by atoms with Gasteiger partial charge >= 0.3 is 0 Å². The molecule has 0 aliphatic carbocycles. The number of amides is 1. The van der Waals surface area contributed by atoms with E-state index in [1.54, 1.807) is 37.6 Å². The molecular formula is C18H20N4O3S. The number of rotatable bonds is 7. The Morgan fingerprint density at radius 2 is 2.04 bits per heavy atom. The number of hydrogen-bond acceptors (Lipinski definition) is 6. The van der Waals surface area contributed by atoms with E-state index in [1.165, 1.54) is 11.8 Å². The first-order valence-electron chi connectivity index (χ1n) is 8.14. The van der Waals surface area contributed by atoms with Crippen molar-refractivity contribution in [3.05, 3.63) is 42.7 Å². The third-order valence-corrected chi connectivity index (χ3v) is 4.57. The number of carbonyl (C=O) groups is 1. The number of thioether (sulfide) groups is 1. The summed E-state index contributed by atoms with van der Waals surface area (Å²) in [5, 5.41) is 12.0. The van der Waals surface area contributed by atoms with Crippen LogP contribution in [0.4, 0.5) is 5.69 Å². The predicted molar refractivity (Wildman–Crippen MR) is 100 cm³/mol. The molecule has 1 aromatic carbocycles. The molecule has 136 valence electrons. The number of methoxy groups -OCH3 is 1. The summed E-state index contributed by atoms with van der Waals surface area (Å²) in [4.78, 5) is 12.2. The third-order valence-electron chi connectivity index (χ3n) is 3.63. The lowest BCUT2D eigenvalue weighted by molar-refractivity contribution is -0.113. The van der Waals surface area contributed by atoms with Crippen molar-refractivity contribution in [2.24, 2.45) is 0 Å². The summed E-state index contributed by atoms with van der Waals surface area (Å²) in [5.74, 6) is 2.17. The van der Waals surface area contributed by atoms with Crippen molar-refractivity contribution >= 4 is 23.4 Å². The summed E-state index contributed by atoms with van der Waals surface area (Å²) in [6, 6.07) is 11.0. The Kier molecular flexibility index (Phi) is 5.62. The van der Waals surface area contributed by atoms with Crippen molar-refractivity contribution in [1.29, 1.82) is 0 Å². The number of nitrogens with zero attached hydrogens (tertiary/aromatic N) is 3. The van der Waals surface area contributed by atoms with Crippen LogP contribution in [0.3, 0.4) is 0 Å². The van der Waals surface area contributed by atoms with Gasteiger partial charge in [0.1, 0.15) is 5.75 Å². The fourth-order valence-corrected chi connectivity index (χ4v) is 3.28. The van der Waals surface area contributed by atoms with E-state index >= 15 is 0 Å². The molecular weight excluding hydrogens is 352 g/mol. The second kappa shape index (κ2) is 8.09. The molecule has 0 spiro atoms. The number of anilines is 1. The van der Waals surface area contributed by atoms with Gasteiger partial charge in [0.2, 0.25) is 11.7 Å². The molecule has 0 saturated carbocycles. The average molecular weight is 372 g/mol. The molecule has 26 heavy (non-hydrogen) atoms. The van der Waals surface area contributed by atoms with Crippen molar-refractivity contribution in [1.82, 2.24) is 14.8 Å². The number of carbonyl (C=O) groups excluding carboxylic acids is 1. The lowest BCUT2D eigenvalue weighted by Gasteiger charge is -2.12. The molecule has 0 unspecified atom stereocenters. The van der Waals surface area contributed by atoms with E-state index in [-0.39, 0.29) is 17.7 Å². The SMILES string of the molecule is COc1ccc(NC(=O)CSc2nnc(-c3ccco3)n2C(C)C)cc1. The fourth-order valence-electron chi connectivity index (χ4n) is 2.42. The Hall–Kier alpha value is -2.74. The molecule has 8 heteroatoms. The lowest BCUT2D eigenvalue weighted by Crippen LogP contribution is -2.15. The van der Waals surface area contributed by atoms with Crippen molar-refractivity contribution < 1.29 is 13.9 Å². The monoisotopic (exact) mass is 372 g/mol. The van der Waals surface area contributed by atoms with Gasteiger partial charge in [0, 0.05) is 11.7 Å². The molecule has 0 bridgehead atoms. The quantitative estimate of drug-likeness (QED) is 0.634. The van der Waals surface area contributed by atoms with Crippen LogP contribution in [-0.4, -0.2) is 33.5 Å². The van der Waals surface area contributed by atoms with Crippen molar-refractivity contribution in [2.45, 2.75) is 25.0 Å². The van der Waals surface area contributed by atoms with Crippen LogP contribution in [0.15, 0.2) is 52.2 Å². The Morgan fingerprint density at radius 1 is 1.27 bits per heavy atom. The van der Waals surface area contributed by atoms with E-state index in [1.807, 2.05) is 30.5 Å². The van der Waals surface area contributed by atoms with Gasteiger partial charge in [-0.15, -0.1) is 10.2 Å². The highest BCUT2D eigenvalue weighted by Crippen LogP contribution is 2.28.